The minimum absolute atomic E-state index is 0.00812. The summed E-state index contributed by atoms with van der Waals surface area (Å²) in [7, 11) is 2.02. The van der Waals surface area contributed by atoms with E-state index in [0.717, 1.165) is 23.0 Å². The second-order valence-corrected chi connectivity index (χ2v) is 6.84. The number of halogens is 1. The number of hydrogen-bond donors (Lipinski definition) is 1. The van der Waals surface area contributed by atoms with Crippen LogP contribution < -0.4 is 5.32 Å². The summed E-state index contributed by atoms with van der Waals surface area (Å²) in [5.74, 6) is 0.979. The topological polar surface area (TPSA) is 29.9 Å². The molecular weight excluding hydrogens is 342 g/mol. The molecule has 130 valence electrons. The van der Waals surface area contributed by atoms with Crippen molar-refractivity contribution in [3.8, 4) is 0 Å². The first-order valence-electron chi connectivity index (χ1n) is 8.65. The summed E-state index contributed by atoms with van der Waals surface area (Å²) in [5, 5.41) is 6.95. The first-order valence-corrected chi connectivity index (χ1v) is 9.03. The third-order valence-corrected chi connectivity index (χ3v) is 4.95. The summed E-state index contributed by atoms with van der Waals surface area (Å²) in [5.41, 5.74) is 2.42. The summed E-state index contributed by atoms with van der Waals surface area (Å²) < 4.78 is 2.05. The maximum Gasteiger partial charge on any atom is 0.130 e. The van der Waals surface area contributed by atoms with Crippen LogP contribution in [0.2, 0.25) is 5.02 Å². The molecule has 0 amide bonds. The second-order valence-electron chi connectivity index (χ2n) is 6.40. The summed E-state index contributed by atoms with van der Waals surface area (Å²) in [6, 6.07) is 22.8. The molecule has 4 aromatic rings. The first-order chi connectivity index (χ1) is 12.7. The van der Waals surface area contributed by atoms with E-state index in [1.165, 1.54) is 16.3 Å². The van der Waals surface area contributed by atoms with Crippen LogP contribution in [0.4, 0.5) is 0 Å². The number of aromatic nitrogens is 2. The lowest BCUT2D eigenvalue weighted by molar-refractivity contribution is 0.559. The van der Waals surface area contributed by atoms with Crippen molar-refractivity contribution in [2.24, 2.45) is 7.05 Å². The molecule has 0 radical (unpaired) electrons. The van der Waals surface area contributed by atoms with Gasteiger partial charge in [0.1, 0.15) is 5.82 Å². The van der Waals surface area contributed by atoms with Gasteiger partial charge in [-0.05, 0) is 34.0 Å². The van der Waals surface area contributed by atoms with Crippen LogP contribution in [0, 0.1) is 0 Å². The molecular formula is C22H20ClN3. The van der Waals surface area contributed by atoms with Crippen molar-refractivity contribution in [3.05, 3.63) is 101 Å². The fourth-order valence-corrected chi connectivity index (χ4v) is 3.45. The number of aryl methyl sites for hydroxylation is 1. The highest BCUT2D eigenvalue weighted by molar-refractivity contribution is 6.30. The van der Waals surface area contributed by atoms with E-state index in [1.807, 2.05) is 31.6 Å². The van der Waals surface area contributed by atoms with Crippen molar-refractivity contribution < 1.29 is 0 Å². The van der Waals surface area contributed by atoms with E-state index >= 15 is 0 Å². The van der Waals surface area contributed by atoms with Gasteiger partial charge in [0.2, 0.25) is 0 Å². The maximum atomic E-state index is 6.07. The number of nitrogens with one attached hydrogen (secondary N) is 1. The van der Waals surface area contributed by atoms with Crippen molar-refractivity contribution in [2.45, 2.75) is 12.6 Å². The normalized spacial score (nSPS) is 12.4. The number of rotatable bonds is 5. The number of benzene rings is 3. The van der Waals surface area contributed by atoms with Gasteiger partial charge in [-0.2, -0.15) is 0 Å². The van der Waals surface area contributed by atoms with Gasteiger partial charge in [-0.3, -0.25) is 5.32 Å². The minimum atomic E-state index is -0.00812. The van der Waals surface area contributed by atoms with Crippen LogP contribution >= 0.6 is 11.6 Å². The maximum absolute atomic E-state index is 6.07. The number of fused-ring (bicyclic) bond motifs is 1. The molecule has 1 aromatic heterocycles. The molecule has 4 rings (SSSR count). The van der Waals surface area contributed by atoms with E-state index in [1.54, 1.807) is 0 Å². The van der Waals surface area contributed by atoms with Crippen molar-refractivity contribution in [2.75, 3.05) is 0 Å². The molecule has 1 N–H and O–H groups in total. The first kappa shape index (κ1) is 16.8. The fraction of sp³-hybridized carbons (Fsp3) is 0.136. The van der Waals surface area contributed by atoms with Crippen LogP contribution in [-0.2, 0) is 13.6 Å². The van der Waals surface area contributed by atoms with Crippen LogP contribution in [0.5, 0.6) is 0 Å². The van der Waals surface area contributed by atoms with Crippen molar-refractivity contribution in [1.29, 1.82) is 0 Å². The Morgan fingerprint density at radius 1 is 1.00 bits per heavy atom. The summed E-state index contributed by atoms with van der Waals surface area (Å²) in [4.78, 5) is 4.56. The Bertz CT molecular complexity index is 1020. The summed E-state index contributed by atoms with van der Waals surface area (Å²) in [6.45, 7) is 0.751. The Balaban J connectivity index is 1.67. The van der Waals surface area contributed by atoms with Gasteiger partial charge in [0.25, 0.3) is 0 Å². The summed E-state index contributed by atoms with van der Waals surface area (Å²) in [6.07, 6.45) is 3.80. The zero-order valence-electron chi connectivity index (χ0n) is 14.6. The van der Waals surface area contributed by atoms with Crippen LogP contribution in [0.3, 0.4) is 0 Å². The largest absolute Gasteiger partial charge is 0.336 e. The quantitative estimate of drug-likeness (QED) is 0.535. The van der Waals surface area contributed by atoms with Gasteiger partial charge in [0, 0.05) is 31.0 Å². The number of imidazole rings is 1. The van der Waals surface area contributed by atoms with Crippen LogP contribution in [0.15, 0.2) is 79.1 Å². The second kappa shape index (κ2) is 7.32. The Labute approximate surface area is 158 Å². The lowest BCUT2D eigenvalue weighted by Crippen LogP contribution is -2.24. The van der Waals surface area contributed by atoms with Gasteiger partial charge in [0.15, 0.2) is 0 Å². The standard InChI is InChI=1S/C22H20ClN3/c1-26-14-13-24-22(26)21(17-9-11-19(23)12-10-17)25-15-18-7-4-6-16-5-2-3-8-20(16)18/h2-14,21,25H,15H2,1H3/t21-/m0/s1. The van der Waals surface area contributed by atoms with Crippen LogP contribution in [0.25, 0.3) is 10.8 Å². The van der Waals surface area contributed by atoms with E-state index < -0.39 is 0 Å². The smallest absolute Gasteiger partial charge is 0.130 e. The molecule has 0 aliphatic carbocycles. The highest BCUT2D eigenvalue weighted by Crippen LogP contribution is 2.24. The van der Waals surface area contributed by atoms with E-state index in [-0.39, 0.29) is 6.04 Å². The SMILES string of the molecule is Cn1ccnc1[C@@H](NCc1cccc2ccccc12)c1ccc(Cl)cc1. The van der Waals surface area contributed by atoms with Crippen LogP contribution in [0.1, 0.15) is 23.0 Å². The molecule has 0 spiro atoms. The minimum Gasteiger partial charge on any atom is -0.336 e. The molecule has 3 nitrogen and oxygen atoms in total. The lowest BCUT2D eigenvalue weighted by Gasteiger charge is -2.20. The Morgan fingerprint density at radius 2 is 1.77 bits per heavy atom. The van der Waals surface area contributed by atoms with Gasteiger partial charge < -0.3 is 4.57 Å². The Kier molecular flexibility index (Phi) is 4.74. The van der Waals surface area contributed by atoms with Crippen molar-refractivity contribution >= 4 is 22.4 Å². The number of hydrogen-bond acceptors (Lipinski definition) is 2. The average Bonchev–Trinajstić information content (AvgIpc) is 3.09. The third-order valence-electron chi connectivity index (χ3n) is 4.70. The van der Waals surface area contributed by atoms with Gasteiger partial charge >= 0.3 is 0 Å². The van der Waals surface area contributed by atoms with Gasteiger partial charge in [-0.1, -0.05) is 66.2 Å². The zero-order chi connectivity index (χ0) is 17.9. The van der Waals surface area contributed by atoms with Gasteiger partial charge in [-0.15, -0.1) is 0 Å². The predicted octanol–water partition coefficient (Wildman–Crippen LogP) is 5.11. The molecule has 0 aliphatic heterocycles. The molecule has 3 aromatic carbocycles. The molecule has 0 saturated carbocycles. The molecule has 0 saturated heterocycles. The molecule has 0 unspecified atom stereocenters. The summed E-state index contributed by atoms with van der Waals surface area (Å²) >= 11 is 6.07. The average molecular weight is 362 g/mol. The monoisotopic (exact) mass is 361 g/mol. The van der Waals surface area contributed by atoms with E-state index in [4.69, 9.17) is 11.6 Å². The van der Waals surface area contributed by atoms with E-state index in [9.17, 15) is 0 Å². The predicted molar refractivity (Wildman–Crippen MR) is 107 cm³/mol. The molecule has 1 atom stereocenters. The molecule has 0 bridgehead atoms. The third kappa shape index (κ3) is 3.36. The molecule has 26 heavy (non-hydrogen) atoms. The lowest BCUT2D eigenvalue weighted by atomic mass is 10.0. The fourth-order valence-electron chi connectivity index (χ4n) is 3.33. The number of nitrogens with zero attached hydrogens (tertiary/aromatic N) is 2. The molecule has 4 heteroatoms. The van der Waals surface area contributed by atoms with Crippen LogP contribution in [-0.4, -0.2) is 9.55 Å². The van der Waals surface area contributed by atoms with Crippen molar-refractivity contribution in [3.63, 3.8) is 0 Å². The molecule has 1 heterocycles. The van der Waals surface area contributed by atoms with Gasteiger partial charge in [-0.25, -0.2) is 4.98 Å². The molecule has 0 fully saturated rings. The molecule has 0 aliphatic rings. The van der Waals surface area contributed by atoms with E-state index in [2.05, 4.69) is 69.5 Å². The highest BCUT2D eigenvalue weighted by atomic mass is 35.5. The Morgan fingerprint density at radius 3 is 2.54 bits per heavy atom. The highest BCUT2D eigenvalue weighted by Gasteiger charge is 2.18. The van der Waals surface area contributed by atoms with Crippen molar-refractivity contribution in [1.82, 2.24) is 14.9 Å². The Hall–Kier alpha value is -2.62. The van der Waals surface area contributed by atoms with E-state index in [0.29, 0.717) is 0 Å². The zero-order valence-corrected chi connectivity index (χ0v) is 15.3. The van der Waals surface area contributed by atoms with Gasteiger partial charge in [0.05, 0.1) is 6.04 Å².